The van der Waals surface area contributed by atoms with Crippen molar-refractivity contribution in [2.24, 2.45) is 0 Å². The third-order valence-corrected chi connectivity index (χ3v) is 3.61. The second-order valence-electron chi connectivity index (χ2n) is 5.21. The molecule has 0 saturated heterocycles. The Morgan fingerprint density at radius 1 is 1.05 bits per heavy atom. The van der Waals surface area contributed by atoms with Crippen LogP contribution in [-0.2, 0) is 6.42 Å². The first-order chi connectivity index (χ1) is 10.2. The van der Waals surface area contributed by atoms with Gasteiger partial charge in [-0.1, -0.05) is 48.4 Å². The molecule has 0 saturated carbocycles. The highest BCUT2D eigenvalue weighted by Crippen LogP contribution is 2.16. The average Bonchev–Trinajstić information content (AvgIpc) is 2.49. The van der Waals surface area contributed by atoms with E-state index in [-0.39, 0.29) is 0 Å². The molecule has 1 unspecified atom stereocenters. The number of likely N-dealkylation sites (N-methyl/N-ethyl adjacent to an activating group) is 1. The van der Waals surface area contributed by atoms with Gasteiger partial charge in [0.15, 0.2) is 0 Å². The molecule has 0 heterocycles. The lowest BCUT2D eigenvalue weighted by Gasteiger charge is -2.19. The number of rotatable bonds is 7. The Balaban J connectivity index is 1.92. The summed E-state index contributed by atoms with van der Waals surface area (Å²) in [7, 11) is 0. The number of hydrogen-bond acceptors (Lipinski definition) is 2. The van der Waals surface area contributed by atoms with Crippen LogP contribution < -0.4 is 10.1 Å². The highest BCUT2D eigenvalue weighted by molar-refractivity contribution is 6.30. The topological polar surface area (TPSA) is 21.3 Å². The zero-order chi connectivity index (χ0) is 15.1. The number of hydrogen-bond donors (Lipinski definition) is 1. The van der Waals surface area contributed by atoms with Crippen molar-refractivity contribution < 1.29 is 4.74 Å². The summed E-state index contributed by atoms with van der Waals surface area (Å²) < 4.78 is 5.85. The molecule has 0 amide bonds. The molecule has 0 radical (unpaired) electrons. The fraction of sp³-hybridized carbons (Fsp3) is 0.333. The SMILES string of the molecule is CCNC(COc1ccc(Cl)cc1)Cc1ccc(C)cc1. The van der Waals surface area contributed by atoms with E-state index in [0.717, 1.165) is 23.7 Å². The summed E-state index contributed by atoms with van der Waals surface area (Å²) in [5.74, 6) is 0.853. The molecule has 0 spiro atoms. The van der Waals surface area contributed by atoms with Crippen LogP contribution in [-0.4, -0.2) is 19.2 Å². The molecule has 0 bridgehead atoms. The van der Waals surface area contributed by atoms with Gasteiger partial charge in [-0.15, -0.1) is 0 Å². The lowest BCUT2D eigenvalue weighted by Crippen LogP contribution is -2.36. The van der Waals surface area contributed by atoms with E-state index in [9.17, 15) is 0 Å². The van der Waals surface area contributed by atoms with Crippen molar-refractivity contribution in [2.75, 3.05) is 13.2 Å². The molecule has 2 aromatic carbocycles. The normalized spacial score (nSPS) is 12.1. The number of aryl methyl sites for hydroxylation is 1. The van der Waals surface area contributed by atoms with Crippen LogP contribution in [0.4, 0.5) is 0 Å². The number of nitrogens with one attached hydrogen (secondary N) is 1. The zero-order valence-corrected chi connectivity index (χ0v) is 13.4. The fourth-order valence-corrected chi connectivity index (χ4v) is 2.34. The molecule has 2 nitrogen and oxygen atoms in total. The van der Waals surface area contributed by atoms with Gasteiger partial charge in [0.2, 0.25) is 0 Å². The molecule has 112 valence electrons. The van der Waals surface area contributed by atoms with Crippen LogP contribution in [0.15, 0.2) is 48.5 Å². The Labute approximate surface area is 132 Å². The maximum atomic E-state index is 5.88. The maximum absolute atomic E-state index is 5.88. The molecule has 2 aromatic rings. The van der Waals surface area contributed by atoms with Gasteiger partial charge in [0.25, 0.3) is 0 Å². The fourth-order valence-electron chi connectivity index (χ4n) is 2.22. The molecule has 1 atom stereocenters. The van der Waals surface area contributed by atoms with E-state index in [4.69, 9.17) is 16.3 Å². The Morgan fingerprint density at radius 3 is 2.33 bits per heavy atom. The van der Waals surface area contributed by atoms with Gasteiger partial charge in [-0.05, 0) is 49.7 Å². The van der Waals surface area contributed by atoms with Crippen LogP contribution in [0, 0.1) is 6.92 Å². The van der Waals surface area contributed by atoms with Gasteiger partial charge in [0.1, 0.15) is 12.4 Å². The van der Waals surface area contributed by atoms with E-state index in [1.54, 1.807) is 0 Å². The molecule has 3 heteroatoms. The van der Waals surface area contributed by atoms with Gasteiger partial charge in [0.05, 0.1) is 0 Å². The van der Waals surface area contributed by atoms with E-state index in [1.165, 1.54) is 11.1 Å². The summed E-state index contributed by atoms with van der Waals surface area (Å²) in [6.45, 7) is 5.80. The largest absolute Gasteiger partial charge is 0.492 e. The smallest absolute Gasteiger partial charge is 0.119 e. The van der Waals surface area contributed by atoms with Crippen LogP contribution in [0.3, 0.4) is 0 Å². The van der Waals surface area contributed by atoms with E-state index < -0.39 is 0 Å². The summed E-state index contributed by atoms with van der Waals surface area (Å²) in [6, 6.07) is 16.5. The third-order valence-electron chi connectivity index (χ3n) is 3.36. The molecule has 0 aliphatic carbocycles. The number of benzene rings is 2. The monoisotopic (exact) mass is 303 g/mol. The lowest BCUT2D eigenvalue weighted by molar-refractivity contribution is 0.265. The first-order valence-corrected chi connectivity index (χ1v) is 7.72. The van der Waals surface area contributed by atoms with Gasteiger partial charge in [-0.2, -0.15) is 0 Å². The predicted molar refractivity (Wildman–Crippen MR) is 89.3 cm³/mol. The van der Waals surface area contributed by atoms with Crippen LogP contribution >= 0.6 is 11.6 Å². The zero-order valence-electron chi connectivity index (χ0n) is 12.6. The Hall–Kier alpha value is -1.51. The summed E-state index contributed by atoms with van der Waals surface area (Å²) in [5, 5.41) is 4.20. The van der Waals surface area contributed by atoms with Crippen LogP contribution in [0.1, 0.15) is 18.1 Å². The molecule has 0 fully saturated rings. The van der Waals surface area contributed by atoms with E-state index in [2.05, 4.69) is 43.4 Å². The first-order valence-electron chi connectivity index (χ1n) is 7.34. The quantitative estimate of drug-likeness (QED) is 0.825. The van der Waals surface area contributed by atoms with E-state index in [1.807, 2.05) is 24.3 Å². The molecule has 0 aromatic heterocycles. The van der Waals surface area contributed by atoms with Gasteiger partial charge < -0.3 is 10.1 Å². The Kier molecular flexibility index (Phi) is 6.09. The Morgan fingerprint density at radius 2 is 1.71 bits per heavy atom. The molecule has 0 aliphatic rings. The summed E-state index contributed by atoms with van der Waals surface area (Å²) >= 11 is 5.88. The van der Waals surface area contributed by atoms with Crippen molar-refractivity contribution in [3.05, 3.63) is 64.7 Å². The minimum atomic E-state index is 0.299. The second kappa shape index (κ2) is 8.06. The van der Waals surface area contributed by atoms with Gasteiger partial charge in [0, 0.05) is 11.1 Å². The Bertz CT molecular complexity index is 536. The maximum Gasteiger partial charge on any atom is 0.119 e. The van der Waals surface area contributed by atoms with Gasteiger partial charge >= 0.3 is 0 Å². The minimum Gasteiger partial charge on any atom is -0.492 e. The van der Waals surface area contributed by atoms with Gasteiger partial charge in [-0.25, -0.2) is 0 Å². The highest BCUT2D eigenvalue weighted by atomic mass is 35.5. The van der Waals surface area contributed by atoms with Crippen LogP contribution in [0.25, 0.3) is 0 Å². The van der Waals surface area contributed by atoms with Crippen molar-refractivity contribution in [2.45, 2.75) is 26.3 Å². The highest BCUT2D eigenvalue weighted by Gasteiger charge is 2.09. The molecule has 21 heavy (non-hydrogen) atoms. The van der Waals surface area contributed by atoms with E-state index >= 15 is 0 Å². The molecule has 2 rings (SSSR count). The third kappa shape index (κ3) is 5.41. The molecular weight excluding hydrogens is 282 g/mol. The summed E-state index contributed by atoms with van der Waals surface area (Å²) in [4.78, 5) is 0. The predicted octanol–water partition coefficient (Wildman–Crippen LogP) is 4.25. The van der Waals surface area contributed by atoms with Gasteiger partial charge in [-0.3, -0.25) is 0 Å². The molecule has 0 aliphatic heterocycles. The number of ether oxygens (including phenoxy) is 1. The lowest BCUT2D eigenvalue weighted by atomic mass is 10.0. The number of halogens is 1. The van der Waals surface area contributed by atoms with Crippen molar-refractivity contribution in [1.82, 2.24) is 5.32 Å². The molecular formula is C18H22ClNO. The first kappa shape index (κ1) is 15.9. The van der Waals surface area contributed by atoms with Crippen LogP contribution in [0.2, 0.25) is 5.02 Å². The second-order valence-corrected chi connectivity index (χ2v) is 5.65. The van der Waals surface area contributed by atoms with Crippen molar-refractivity contribution in [1.29, 1.82) is 0 Å². The van der Waals surface area contributed by atoms with E-state index in [0.29, 0.717) is 12.6 Å². The standard InChI is InChI=1S/C18H22ClNO/c1-3-20-17(12-15-6-4-14(2)5-7-15)13-21-18-10-8-16(19)9-11-18/h4-11,17,20H,3,12-13H2,1-2H3. The summed E-state index contributed by atoms with van der Waals surface area (Å²) in [5.41, 5.74) is 2.61. The molecule has 1 N–H and O–H groups in total. The van der Waals surface area contributed by atoms with Crippen molar-refractivity contribution in [3.8, 4) is 5.75 Å². The average molecular weight is 304 g/mol. The summed E-state index contributed by atoms with van der Waals surface area (Å²) in [6.07, 6.45) is 0.960. The van der Waals surface area contributed by atoms with Crippen LogP contribution in [0.5, 0.6) is 5.75 Å². The minimum absolute atomic E-state index is 0.299. The van der Waals surface area contributed by atoms with Crippen molar-refractivity contribution in [3.63, 3.8) is 0 Å². The van der Waals surface area contributed by atoms with Crippen molar-refractivity contribution >= 4 is 11.6 Å².